The van der Waals surface area contributed by atoms with E-state index in [1.165, 1.54) is 12.1 Å². The molecule has 0 atom stereocenters. The number of nitrogens with zero attached hydrogens (tertiary/aromatic N) is 2. The second kappa shape index (κ2) is 4.14. The van der Waals surface area contributed by atoms with Gasteiger partial charge in [0.2, 0.25) is 0 Å². The highest BCUT2D eigenvalue weighted by molar-refractivity contribution is 9.11. The Morgan fingerprint density at radius 2 is 1.81 bits per heavy atom. The van der Waals surface area contributed by atoms with E-state index < -0.39 is 11.7 Å². The van der Waals surface area contributed by atoms with Crippen LogP contribution >= 0.6 is 27.3 Å². The number of benzene rings is 1. The number of hydrogen-bond donors (Lipinski definition) is 0. The van der Waals surface area contributed by atoms with Crippen LogP contribution in [0.15, 0.2) is 28.2 Å². The van der Waals surface area contributed by atoms with Crippen molar-refractivity contribution in [2.24, 2.45) is 0 Å². The molecule has 2 aromatic rings. The highest BCUT2D eigenvalue weighted by atomic mass is 79.9. The van der Waals surface area contributed by atoms with E-state index in [4.69, 9.17) is 0 Å². The third-order valence-corrected chi connectivity index (χ3v) is 3.25. The van der Waals surface area contributed by atoms with Gasteiger partial charge in [-0.25, -0.2) is 0 Å². The lowest BCUT2D eigenvalue weighted by molar-refractivity contribution is -0.137. The van der Waals surface area contributed by atoms with Gasteiger partial charge in [0.15, 0.2) is 3.92 Å². The van der Waals surface area contributed by atoms with Crippen molar-refractivity contribution < 1.29 is 13.2 Å². The van der Waals surface area contributed by atoms with Crippen molar-refractivity contribution in [3.05, 3.63) is 33.7 Å². The lowest BCUT2D eigenvalue weighted by Gasteiger charge is -2.09. The van der Waals surface area contributed by atoms with Crippen LogP contribution in [0.5, 0.6) is 0 Å². The predicted octanol–water partition coefficient (Wildman–Crippen LogP) is 3.99. The molecule has 0 saturated carbocycles. The van der Waals surface area contributed by atoms with E-state index in [-0.39, 0.29) is 10.6 Å². The quantitative estimate of drug-likeness (QED) is 0.796. The molecule has 0 bridgehead atoms. The summed E-state index contributed by atoms with van der Waals surface area (Å²) in [5, 5.41) is 7.57. The molecule has 0 fully saturated rings. The minimum atomic E-state index is -4.38. The summed E-state index contributed by atoms with van der Waals surface area (Å²) in [4.78, 5) is 0. The molecule has 0 aliphatic rings. The molecule has 0 unspecified atom stereocenters. The molecular formula is C9H4BrF3N2S. The molecule has 7 heteroatoms. The van der Waals surface area contributed by atoms with Gasteiger partial charge in [0.05, 0.1) is 5.56 Å². The van der Waals surface area contributed by atoms with Crippen molar-refractivity contribution in [3.8, 4) is 10.6 Å². The highest BCUT2D eigenvalue weighted by Crippen LogP contribution is 2.38. The van der Waals surface area contributed by atoms with Gasteiger partial charge < -0.3 is 0 Å². The minimum absolute atomic E-state index is 0.0539. The van der Waals surface area contributed by atoms with Crippen molar-refractivity contribution in [1.29, 1.82) is 0 Å². The minimum Gasteiger partial charge on any atom is -0.166 e. The van der Waals surface area contributed by atoms with Gasteiger partial charge in [-0.2, -0.15) is 13.2 Å². The fourth-order valence-electron chi connectivity index (χ4n) is 1.23. The highest BCUT2D eigenvalue weighted by Gasteiger charge is 2.34. The Hall–Kier alpha value is -0.950. The van der Waals surface area contributed by atoms with Crippen LogP contribution in [0.3, 0.4) is 0 Å². The van der Waals surface area contributed by atoms with Crippen LogP contribution in [0.25, 0.3) is 10.6 Å². The average molecular weight is 309 g/mol. The fourth-order valence-corrected chi connectivity index (χ4v) is 2.38. The molecule has 0 radical (unpaired) electrons. The van der Waals surface area contributed by atoms with E-state index in [0.717, 1.165) is 17.4 Å². The SMILES string of the molecule is FC(F)(F)c1ccccc1-c1nnc(Br)s1. The first-order valence-corrected chi connectivity index (χ1v) is 5.75. The number of alkyl halides is 3. The van der Waals surface area contributed by atoms with Crippen LogP contribution in [-0.2, 0) is 6.18 Å². The summed E-state index contributed by atoms with van der Waals surface area (Å²) < 4.78 is 38.5. The van der Waals surface area contributed by atoms with E-state index >= 15 is 0 Å². The van der Waals surface area contributed by atoms with Gasteiger partial charge in [0.1, 0.15) is 5.01 Å². The first-order valence-electron chi connectivity index (χ1n) is 4.14. The van der Waals surface area contributed by atoms with Crippen LogP contribution in [0.2, 0.25) is 0 Å². The van der Waals surface area contributed by atoms with E-state index in [1.54, 1.807) is 6.07 Å². The zero-order valence-corrected chi connectivity index (χ0v) is 10.0. The Morgan fingerprint density at radius 3 is 2.38 bits per heavy atom. The summed E-state index contributed by atoms with van der Waals surface area (Å²) in [6.07, 6.45) is -4.38. The largest absolute Gasteiger partial charge is 0.417 e. The first-order chi connectivity index (χ1) is 7.48. The topological polar surface area (TPSA) is 25.8 Å². The molecule has 16 heavy (non-hydrogen) atoms. The molecule has 0 N–H and O–H groups in total. The van der Waals surface area contributed by atoms with Crippen LogP contribution < -0.4 is 0 Å². The maximum atomic E-state index is 12.7. The van der Waals surface area contributed by atoms with Crippen molar-refractivity contribution in [1.82, 2.24) is 10.2 Å². The molecule has 1 aromatic heterocycles. The van der Waals surface area contributed by atoms with Gasteiger partial charge >= 0.3 is 6.18 Å². The smallest absolute Gasteiger partial charge is 0.166 e. The molecule has 0 aliphatic heterocycles. The summed E-state index contributed by atoms with van der Waals surface area (Å²) in [7, 11) is 0. The van der Waals surface area contributed by atoms with Crippen LogP contribution in [0.4, 0.5) is 13.2 Å². The standard InChI is InChI=1S/C9H4BrF3N2S/c10-8-15-14-7(16-8)5-3-1-2-4-6(5)9(11,12)13/h1-4H. The van der Waals surface area contributed by atoms with E-state index in [1.807, 2.05) is 0 Å². The van der Waals surface area contributed by atoms with Crippen LogP contribution in [0.1, 0.15) is 5.56 Å². The molecule has 0 saturated heterocycles. The molecule has 2 rings (SSSR count). The van der Waals surface area contributed by atoms with E-state index in [2.05, 4.69) is 26.1 Å². The van der Waals surface area contributed by atoms with Crippen LogP contribution in [0, 0.1) is 0 Å². The average Bonchev–Trinajstić information content (AvgIpc) is 2.64. The molecule has 0 amide bonds. The van der Waals surface area contributed by atoms with Crippen molar-refractivity contribution >= 4 is 27.3 Å². The zero-order valence-electron chi connectivity index (χ0n) is 7.62. The Bertz CT molecular complexity index is 509. The second-order valence-electron chi connectivity index (χ2n) is 2.90. The van der Waals surface area contributed by atoms with E-state index in [0.29, 0.717) is 3.92 Å². The summed E-state index contributed by atoms with van der Waals surface area (Å²) in [6, 6.07) is 5.31. The Balaban J connectivity index is 2.57. The third-order valence-electron chi connectivity index (χ3n) is 1.86. The normalized spacial score (nSPS) is 11.8. The van der Waals surface area contributed by atoms with Gasteiger partial charge in [0, 0.05) is 5.56 Å². The first kappa shape index (κ1) is 11.5. The molecule has 2 nitrogen and oxygen atoms in total. The van der Waals surface area contributed by atoms with Gasteiger partial charge in [-0.15, -0.1) is 10.2 Å². The summed E-state index contributed by atoms with van der Waals surface area (Å²) >= 11 is 4.13. The molecule has 0 aliphatic carbocycles. The Morgan fingerprint density at radius 1 is 1.12 bits per heavy atom. The molecule has 1 heterocycles. The van der Waals surface area contributed by atoms with Crippen molar-refractivity contribution in [2.45, 2.75) is 6.18 Å². The third kappa shape index (κ3) is 2.25. The van der Waals surface area contributed by atoms with Gasteiger partial charge in [-0.3, -0.25) is 0 Å². The predicted molar refractivity (Wildman–Crippen MR) is 58.0 cm³/mol. The van der Waals surface area contributed by atoms with Gasteiger partial charge in [0.25, 0.3) is 0 Å². The summed E-state index contributed by atoms with van der Waals surface area (Å²) in [5.41, 5.74) is -0.642. The number of hydrogen-bond acceptors (Lipinski definition) is 3. The summed E-state index contributed by atoms with van der Waals surface area (Å²) in [6.45, 7) is 0. The lowest BCUT2D eigenvalue weighted by Crippen LogP contribution is -2.06. The van der Waals surface area contributed by atoms with Gasteiger partial charge in [-0.05, 0) is 22.0 Å². The monoisotopic (exact) mass is 308 g/mol. The maximum Gasteiger partial charge on any atom is 0.417 e. The maximum absolute atomic E-state index is 12.7. The molecule has 84 valence electrons. The fraction of sp³-hybridized carbons (Fsp3) is 0.111. The Labute approximate surface area is 101 Å². The summed E-state index contributed by atoms with van der Waals surface area (Å²) in [5.74, 6) is 0. The van der Waals surface area contributed by atoms with Crippen molar-refractivity contribution in [3.63, 3.8) is 0 Å². The Kier molecular flexibility index (Phi) is 2.98. The van der Waals surface area contributed by atoms with Gasteiger partial charge in [-0.1, -0.05) is 29.5 Å². The lowest BCUT2D eigenvalue weighted by atomic mass is 10.1. The number of rotatable bonds is 1. The molecule has 1 aromatic carbocycles. The number of aromatic nitrogens is 2. The van der Waals surface area contributed by atoms with Crippen LogP contribution in [-0.4, -0.2) is 10.2 Å². The molecular weight excluding hydrogens is 305 g/mol. The zero-order chi connectivity index (χ0) is 11.8. The second-order valence-corrected chi connectivity index (χ2v) is 5.16. The number of halogens is 4. The van der Waals surface area contributed by atoms with Crippen molar-refractivity contribution in [2.75, 3.05) is 0 Å². The van der Waals surface area contributed by atoms with E-state index in [9.17, 15) is 13.2 Å². The molecule has 0 spiro atoms.